The smallest absolute Gasteiger partial charge is 0.292 e. The van der Waals surface area contributed by atoms with E-state index in [9.17, 15) is 4.57 Å². The molecular weight excluding hydrogens is 158 g/mol. The van der Waals surface area contributed by atoms with Gasteiger partial charge in [0.15, 0.2) is 0 Å². The molecule has 0 bridgehead atoms. The molecule has 0 N–H and O–H groups in total. The Morgan fingerprint density at radius 3 is 2.43 bits per heavy atom. The second kappa shape index (κ2) is 4.79. The Morgan fingerprint density at radius 1 is 1.71 bits per heavy atom. The molecule has 5 heteroatoms. The predicted molar refractivity (Wildman–Crippen MR) is 29.1 cm³/mol. The van der Waals surface area contributed by atoms with E-state index < -0.39 is 4.84 Å². The van der Waals surface area contributed by atoms with Gasteiger partial charge in [-0.2, -0.15) is 0 Å². The van der Waals surface area contributed by atoms with Crippen LogP contribution in [-0.4, -0.2) is 11.4 Å². The molecule has 0 spiro atoms. The Bertz CT molecular complexity index is 57.7. The van der Waals surface area contributed by atoms with Crippen LogP contribution in [0.2, 0.25) is 0 Å². The minimum atomic E-state index is -0.582. The molecule has 0 aliphatic heterocycles. The molecule has 0 atom stereocenters. The van der Waals surface area contributed by atoms with Gasteiger partial charge in [0, 0.05) is 0 Å². The normalized spacial score (nSPS) is 10.7. The maximum atomic E-state index is 9.47. The highest BCUT2D eigenvalue weighted by molar-refractivity contribution is 7.17. The molecular formula is C2H3Cl2O2P. The molecule has 42 valence electrons. The molecule has 0 fully saturated rings. The van der Waals surface area contributed by atoms with Gasteiger partial charge in [-0.3, -0.25) is 4.52 Å². The molecule has 0 aromatic heterocycles. The van der Waals surface area contributed by atoms with Gasteiger partial charge >= 0.3 is 8.69 Å². The number of alkyl halides is 2. The molecule has 0 saturated heterocycles. The van der Waals surface area contributed by atoms with Crippen molar-refractivity contribution in [3.63, 3.8) is 0 Å². The van der Waals surface area contributed by atoms with E-state index in [1.165, 1.54) is 0 Å². The zero-order valence-corrected chi connectivity index (χ0v) is 5.71. The van der Waals surface area contributed by atoms with Crippen molar-refractivity contribution >= 4 is 31.9 Å². The lowest BCUT2D eigenvalue weighted by atomic mass is 10.9. The third-order valence-electron chi connectivity index (χ3n) is 0.253. The Labute approximate surface area is 53.0 Å². The van der Waals surface area contributed by atoms with Crippen LogP contribution in [0.1, 0.15) is 0 Å². The van der Waals surface area contributed by atoms with Gasteiger partial charge in [0.1, 0.15) is 4.84 Å². The van der Waals surface area contributed by atoms with Crippen LogP contribution < -0.4 is 0 Å². The fourth-order valence-electron chi connectivity index (χ4n) is 0.0868. The fraction of sp³-hybridized carbons (Fsp3) is 1.00. The minimum absolute atomic E-state index is 0.105. The van der Waals surface area contributed by atoms with E-state index in [0.717, 1.165) is 0 Å². The third-order valence-corrected chi connectivity index (χ3v) is 0.760. The Morgan fingerprint density at radius 2 is 2.29 bits per heavy atom. The zero-order chi connectivity index (χ0) is 5.70. The van der Waals surface area contributed by atoms with Gasteiger partial charge in [0.2, 0.25) is 0 Å². The van der Waals surface area contributed by atoms with Gasteiger partial charge in [-0.25, -0.2) is 4.57 Å². The first-order valence-electron chi connectivity index (χ1n) is 1.50. The summed E-state index contributed by atoms with van der Waals surface area (Å²) in [5.41, 5.74) is 0. The highest BCUT2D eigenvalue weighted by Gasteiger charge is 1.95. The summed E-state index contributed by atoms with van der Waals surface area (Å²) in [6.45, 7) is 0.105. The van der Waals surface area contributed by atoms with E-state index in [2.05, 4.69) is 4.52 Å². The SMILES string of the molecule is O=POCC(Cl)Cl. The lowest BCUT2D eigenvalue weighted by molar-refractivity contribution is 0.360. The van der Waals surface area contributed by atoms with Gasteiger partial charge in [0.05, 0.1) is 6.61 Å². The summed E-state index contributed by atoms with van der Waals surface area (Å²) >= 11 is 10.3. The maximum absolute atomic E-state index is 9.47. The molecule has 7 heavy (non-hydrogen) atoms. The Balaban J connectivity index is 2.81. The molecule has 0 saturated carbocycles. The highest BCUT2D eigenvalue weighted by Crippen LogP contribution is 2.05. The summed E-state index contributed by atoms with van der Waals surface area (Å²) in [5.74, 6) is 0. The monoisotopic (exact) mass is 160 g/mol. The van der Waals surface area contributed by atoms with Gasteiger partial charge in [-0.1, -0.05) is 0 Å². The average molecular weight is 161 g/mol. The number of hydrogen-bond donors (Lipinski definition) is 0. The molecule has 0 aromatic carbocycles. The van der Waals surface area contributed by atoms with E-state index >= 15 is 0 Å². The maximum Gasteiger partial charge on any atom is 0.327 e. The topological polar surface area (TPSA) is 26.3 Å². The first-order chi connectivity index (χ1) is 3.27. The minimum Gasteiger partial charge on any atom is -0.292 e. The fourth-order valence-corrected chi connectivity index (χ4v) is 0.598. The first-order valence-corrected chi connectivity index (χ1v) is 3.10. The number of hydrogen-bond acceptors (Lipinski definition) is 2. The summed E-state index contributed by atoms with van der Waals surface area (Å²) in [7, 11) is -0.379. The average Bonchev–Trinajstić information content (AvgIpc) is 1.61. The van der Waals surface area contributed by atoms with E-state index in [1.54, 1.807) is 0 Å². The summed E-state index contributed by atoms with van der Waals surface area (Å²) in [5, 5.41) is 0. The summed E-state index contributed by atoms with van der Waals surface area (Å²) in [4.78, 5) is -0.582. The highest BCUT2D eigenvalue weighted by atomic mass is 35.5. The van der Waals surface area contributed by atoms with Gasteiger partial charge < -0.3 is 0 Å². The quantitative estimate of drug-likeness (QED) is 0.467. The lowest BCUT2D eigenvalue weighted by Crippen LogP contribution is -1.93. The molecule has 0 aliphatic rings. The molecule has 0 amide bonds. The third kappa shape index (κ3) is 6.64. The van der Waals surface area contributed by atoms with Crippen LogP contribution in [0.5, 0.6) is 0 Å². The van der Waals surface area contributed by atoms with Crippen LogP contribution in [0, 0.1) is 0 Å². The van der Waals surface area contributed by atoms with Gasteiger partial charge in [0.25, 0.3) is 0 Å². The van der Waals surface area contributed by atoms with Crippen molar-refractivity contribution in [1.29, 1.82) is 0 Å². The van der Waals surface area contributed by atoms with Crippen molar-refractivity contribution < 1.29 is 9.09 Å². The lowest BCUT2D eigenvalue weighted by Gasteiger charge is -1.90. The van der Waals surface area contributed by atoms with Crippen molar-refractivity contribution in [2.45, 2.75) is 4.84 Å². The molecule has 0 radical (unpaired) electrons. The molecule has 0 heterocycles. The molecule has 0 unspecified atom stereocenters. The van der Waals surface area contributed by atoms with E-state index in [0.29, 0.717) is 0 Å². The molecule has 0 aromatic rings. The van der Waals surface area contributed by atoms with Crippen molar-refractivity contribution in [2.75, 3.05) is 6.61 Å². The van der Waals surface area contributed by atoms with Crippen LogP contribution in [0.15, 0.2) is 0 Å². The molecule has 0 aliphatic carbocycles. The largest absolute Gasteiger partial charge is 0.327 e. The Kier molecular flexibility index (Phi) is 5.23. The first kappa shape index (κ1) is 7.64. The van der Waals surface area contributed by atoms with Gasteiger partial charge in [-0.05, 0) is 0 Å². The van der Waals surface area contributed by atoms with E-state index in [-0.39, 0.29) is 15.3 Å². The van der Waals surface area contributed by atoms with Crippen molar-refractivity contribution in [2.24, 2.45) is 0 Å². The second-order valence-electron chi connectivity index (χ2n) is 0.761. The van der Waals surface area contributed by atoms with Crippen molar-refractivity contribution in [3.05, 3.63) is 0 Å². The Hall–Kier alpha value is 0.640. The summed E-state index contributed by atoms with van der Waals surface area (Å²) in [6.07, 6.45) is 0. The second-order valence-corrected chi connectivity index (χ2v) is 2.45. The summed E-state index contributed by atoms with van der Waals surface area (Å²) < 4.78 is 13.7. The van der Waals surface area contributed by atoms with Crippen LogP contribution in [0.25, 0.3) is 0 Å². The number of rotatable bonds is 3. The summed E-state index contributed by atoms with van der Waals surface area (Å²) in [6, 6.07) is 0. The standard InChI is InChI=1S/C2H3Cl2O2P/c3-2(4)1-6-7-5/h2H,1H2. The van der Waals surface area contributed by atoms with Crippen LogP contribution >= 0.6 is 31.9 Å². The van der Waals surface area contributed by atoms with Crippen LogP contribution in [0.3, 0.4) is 0 Å². The van der Waals surface area contributed by atoms with Crippen LogP contribution in [0.4, 0.5) is 0 Å². The number of halogens is 2. The zero-order valence-electron chi connectivity index (χ0n) is 3.30. The molecule has 2 nitrogen and oxygen atoms in total. The van der Waals surface area contributed by atoms with Crippen LogP contribution in [-0.2, 0) is 9.09 Å². The van der Waals surface area contributed by atoms with Crippen molar-refractivity contribution in [3.8, 4) is 0 Å². The van der Waals surface area contributed by atoms with Gasteiger partial charge in [-0.15, -0.1) is 23.2 Å². The molecule has 0 rings (SSSR count). The van der Waals surface area contributed by atoms with Crippen molar-refractivity contribution in [1.82, 2.24) is 0 Å². The van der Waals surface area contributed by atoms with E-state index in [4.69, 9.17) is 23.2 Å². The van der Waals surface area contributed by atoms with E-state index in [1.807, 2.05) is 0 Å². The predicted octanol–water partition coefficient (Wildman–Crippen LogP) is 2.01.